The summed E-state index contributed by atoms with van der Waals surface area (Å²) >= 11 is 0. The van der Waals surface area contributed by atoms with Crippen LogP contribution in [0.1, 0.15) is 28.4 Å². The van der Waals surface area contributed by atoms with Crippen molar-refractivity contribution in [3.63, 3.8) is 0 Å². The molecule has 0 radical (unpaired) electrons. The number of ether oxygens (including phenoxy) is 1. The zero-order valence-electron chi connectivity index (χ0n) is 11.6. The van der Waals surface area contributed by atoms with Gasteiger partial charge in [-0.1, -0.05) is 6.07 Å². The van der Waals surface area contributed by atoms with Gasteiger partial charge in [-0.05, 0) is 36.6 Å². The Hall–Kier alpha value is -2.83. The average Bonchev–Trinajstić information content (AvgIpc) is 2.36. The van der Waals surface area contributed by atoms with Crippen LogP contribution in [0.15, 0.2) is 17.7 Å². The van der Waals surface area contributed by atoms with E-state index in [0.29, 0.717) is 0 Å². The lowest BCUT2D eigenvalue weighted by Gasteiger charge is -2.14. The summed E-state index contributed by atoms with van der Waals surface area (Å²) in [5.74, 6) is -4.31. The number of hydrogen-bond acceptors (Lipinski definition) is 4. The highest BCUT2D eigenvalue weighted by molar-refractivity contribution is 6.18. The summed E-state index contributed by atoms with van der Waals surface area (Å²) in [4.78, 5) is 33.3. The van der Waals surface area contributed by atoms with Crippen LogP contribution in [-0.4, -0.2) is 40.3 Å². The van der Waals surface area contributed by atoms with Crippen LogP contribution in [-0.2, 0) is 9.59 Å². The van der Waals surface area contributed by atoms with E-state index in [1.165, 1.54) is 33.1 Å². The fourth-order valence-electron chi connectivity index (χ4n) is 2.08. The molecule has 112 valence electrons. The standard InChI is InChI=1S/C14H14O7/c1-6-8(7(2)11(13(17)18)14(19)20)4-5-9(21-3)10(6)12(15)16/h4-5H,1-3H3,(H,15,16)(H,17,18)(H,19,20). The molecule has 1 aromatic rings. The Labute approximate surface area is 120 Å². The number of hydrogen-bond donors (Lipinski definition) is 3. The SMILES string of the molecule is COc1ccc(C(C)=C(C(=O)O)C(=O)O)c(C)c1C(=O)O. The Balaban J connectivity index is 3.70. The number of rotatable bonds is 5. The number of methoxy groups -OCH3 is 1. The Morgan fingerprint density at radius 2 is 1.57 bits per heavy atom. The van der Waals surface area contributed by atoms with E-state index in [9.17, 15) is 19.5 Å². The van der Waals surface area contributed by atoms with Crippen LogP contribution >= 0.6 is 0 Å². The maximum absolute atomic E-state index is 11.3. The zero-order chi connectivity index (χ0) is 16.3. The van der Waals surface area contributed by atoms with Gasteiger partial charge in [-0.15, -0.1) is 0 Å². The first kappa shape index (κ1) is 16.2. The summed E-state index contributed by atoms with van der Waals surface area (Å²) in [6.45, 7) is 2.78. The number of allylic oxidation sites excluding steroid dienone is 1. The lowest BCUT2D eigenvalue weighted by atomic mass is 9.93. The van der Waals surface area contributed by atoms with E-state index >= 15 is 0 Å². The minimum atomic E-state index is -1.59. The molecule has 0 atom stereocenters. The molecule has 0 bridgehead atoms. The van der Waals surface area contributed by atoms with Gasteiger partial charge < -0.3 is 20.1 Å². The highest BCUT2D eigenvalue weighted by atomic mass is 16.5. The van der Waals surface area contributed by atoms with Crippen molar-refractivity contribution in [2.45, 2.75) is 13.8 Å². The van der Waals surface area contributed by atoms with Gasteiger partial charge in [-0.25, -0.2) is 14.4 Å². The number of carboxylic acid groups (broad SMARTS) is 3. The van der Waals surface area contributed by atoms with Gasteiger partial charge in [0.15, 0.2) is 0 Å². The molecule has 1 aromatic carbocycles. The third-order valence-electron chi connectivity index (χ3n) is 3.07. The largest absolute Gasteiger partial charge is 0.496 e. The van der Waals surface area contributed by atoms with Gasteiger partial charge in [0.25, 0.3) is 0 Å². The molecule has 0 unspecified atom stereocenters. The van der Waals surface area contributed by atoms with E-state index in [1.54, 1.807) is 0 Å². The van der Waals surface area contributed by atoms with Gasteiger partial charge in [0.1, 0.15) is 16.9 Å². The van der Waals surface area contributed by atoms with Crippen molar-refractivity contribution in [1.29, 1.82) is 0 Å². The molecule has 0 aliphatic rings. The zero-order valence-corrected chi connectivity index (χ0v) is 11.6. The summed E-state index contributed by atoms with van der Waals surface area (Å²) in [6.07, 6.45) is 0. The Morgan fingerprint density at radius 1 is 1.05 bits per heavy atom. The Kier molecular flexibility index (Phi) is 4.70. The van der Waals surface area contributed by atoms with Crippen molar-refractivity contribution in [3.05, 3.63) is 34.4 Å². The molecule has 0 aliphatic heterocycles. The van der Waals surface area contributed by atoms with Gasteiger partial charge >= 0.3 is 17.9 Å². The summed E-state index contributed by atoms with van der Waals surface area (Å²) in [6, 6.07) is 2.79. The second-order valence-corrected chi connectivity index (χ2v) is 4.23. The Morgan fingerprint density at radius 3 is 1.95 bits per heavy atom. The summed E-state index contributed by atoms with van der Waals surface area (Å²) in [5, 5.41) is 27.1. The molecule has 0 fully saturated rings. The molecule has 0 aromatic heterocycles. The van der Waals surface area contributed by atoms with Crippen molar-refractivity contribution in [2.24, 2.45) is 0 Å². The van der Waals surface area contributed by atoms with Crippen LogP contribution in [0.5, 0.6) is 5.75 Å². The molecule has 7 heteroatoms. The summed E-state index contributed by atoms with van der Waals surface area (Å²) < 4.78 is 4.95. The van der Waals surface area contributed by atoms with Gasteiger partial charge in [-0.2, -0.15) is 0 Å². The monoisotopic (exact) mass is 294 g/mol. The van der Waals surface area contributed by atoms with Crippen LogP contribution in [0.3, 0.4) is 0 Å². The second-order valence-electron chi connectivity index (χ2n) is 4.23. The highest BCUT2D eigenvalue weighted by Crippen LogP contribution is 2.30. The van der Waals surface area contributed by atoms with E-state index in [2.05, 4.69) is 0 Å². The van der Waals surface area contributed by atoms with Crippen molar-refractivity contribution in [3.8, 4) is 5.75 Å². The first-order valence-corrected chi connectivity index (χ1v) is 5.81. The third kappa shape index (κ3) is 3.02. The smallest absolute Gasteiger partial charge is 0.343 e. The predicted molar refractivity (Wildman–Crippen MR) is 72.6 cm³/mol. The maximum Gasteiger partial charge on any atom is 0.343 e. The van der Waals surface area contributed by atoms with Gasteiger partial charge in [0.2, 0.25) is 0 Å². The van der Waals surface area contributed by atoms with Crippen molar-refractivity contribution in [1.82, 2.24) is 0 Å². The van der Waals surface area contributed by atoms with Crippen molar-refractivity contribution < 1.29 is 34.4 Å². The van der Waals surface area contributed by atoms with Gasteiger partial charge in [0.05, 0.1) is 7.11 Å². The predicted octanol–water partition coefficient (Wildman–Crippen LogP) is 1.64. The highest BCUT2D eigenvalue weighted by Gasteiger charge is 2.24. The average molecular weight is 294 g/mol. The first-order chi connectivity index (χ1) is 9.72. The van der Waals surface area contributed by atoms with E-state index in [-0.39, 0.29) is 28.0 Å². The van der Waals surface area contributed by atoms with Crippen molar-refractivity contribution >= 4 is 23.5 Å². The quantitative estimate of drug-likeness (QED) is 0.429. The molecule has 0 saturated carbocycles. The minimum Gasteiger partial charge on any atom is -0.496 e. The molecule has 0 heterocycles. The molecular formula is C14H14O7. The molecule has 0 spiro atoms. The molecule has 7 nitrogen and oxygen atoms in total. The van der Waals surface area contributed by atoms with Gasteiger partial charge in [-0.3, -0.25) is 0 Å². The molecular weight excluding hydrogens is 280 g/mol. The van der Waals surface area contributed by atoms with E-state index in [4.69, 9.17) is 14.9 Å². The molecule has 3 N–H and O–H groups in total. The molecule has 0 amide bonds. The van der Waals surface area contributed by atoms with E-state index in [0.717, 1.165) is 0 Å². The maximum atomic E-state index is 11.3. The molecule has 1 rings (SSSR count). The first-order valence-electron chi connectivity index (χ1n) is 5.81. The molecule has 0 aliphatic carbocycles. The van der Waals surface area contributed by atoms with Crippen LogP contribution < -0.4 is 4.74 Å². The van der Waals surface area contributed by atoms with E-state index < -0.39 is 23.5 Å². The minimum absolute atomic E-state index is 0.0300. The number of carboxylic acids is 3. The van der Waals surface area contributed by atoms with Crippen LogP contribution in [0, 0.1) is 6.92 Å². The number of carbonyl (C=O) groups is 3. The third-order valence-corrected chi connectivity index (χ3v) is 3.07. The second kappa shape index (κ2) is 6.08. The summed E-state index contributed by atoms with van der Waals surface area (Å²) in [5.41, 5.74) is -0.505. The van der Waals surface area contributed by atoms with Crippen molar-refractivity contribution in [2.75, 3.05) is 7.11 Å². The fraction of sp³-hybridized carbons (Fsp3) is 0.214. The van der Waals surface area contributed by atoms with Crippen LogP contribution in [0.25, 0.3) is 5.57 Å². The lowest BCUT2D eigenvalue weighted by molar-refractivity contribution is -0.140. The van der Waals surface area contributed by atoms with Crippen LogP contribution in [0.4, 0.5) is 0 Å². The van der Waals surface area contributed by atoms with Crippen LogP contribution in [0.2, 0.25) is 0 Å². The summed E-state index contributed by atoms with van der Waals surface area (Å²) in [7, 11) is 1.31. The van der Waals surface area contributed by atoms with E-state index in [1.807, 2.05) is 0 Å². The number of aromatic carboxylic acids is 1. The fourth-order valence-corrected chi connectivity index (χ4v) is 2.08. The van der Waals surface area contributed by atoms with Gasteiger partial charge in [0, 0.05) is 0 Å². The normalized spacial score (nSPS) is 9.86. The number of benzene rings is 1. The lowest BCUT2D eigenvalue weighted by Crippen LogP contribution is -2.14. The molecule has 0 saturated heterocycles. The Bertz CT molecular complexity index is 640. The molecule has 21 heavy (non-hydrogen) atoms. The number of aliphatic carboxylic acids is 2. The topological polar surface area (TPSA) is 121 Å².